The molecule has 3 aliphatic heterocycles. The number of hydrogen-bond acceptors (Lipinski definition) is 4. The molecule has 3 fully saturated rings. The van der Waals surface area contributed by atoms with Gasteiger partial charge in [-0.25, -0.2) is 9.59 Å². The average molecular weight is 278 g/mol. The van der Waals surface area contributed by atoms with Gasteiger partial charge in [-0.2, -0.15) is 0 Å². The van der Waals surface area contributed by atoms with Crippen LogP contribution in [0.3, 0.4) is 0 Å². The lowest BCUT2D eigenvalue weighted by atomic mass is 10.1. The number of rotatable bonds is 2. The normalized spacial score (nSPS) is 23.6. The Hall–Kier alpha value is -1.92. The molecule has 108 valence electrons. The highest BCUT2D eigenvalue weighted by molar-refractivity contribution is 5.93. The van der Waals surface area contributed by atoms with Crippen molar-refractivity contribution in [3.8, 4) is 0 Å². The quantitative estimate of drug-likeness (QED) is 0.829. The first-order chi connectivity index (χ1) is 9.56. The van der Waals surface area contributed by atoms with Crippen molar-refractivity contribution in [3.63, 3.8) is 0 Å². The minimum Gasteiger partial charge on any atom is -0.478 e. The molecule has 20 heavy (non-hydrogen) atoms. The fraction of sp³-hybridized carbons (Fsp3) is 0.429. The second-order valence-corrected chi connectivity index (χ2v) is 4.87. The first-order valence-corrected chi connectivity index (χ1v) is 6.57. The van der Waals surface area contributed by atoms with Crippen LogP contribution in [0.2, 0.25) is 0 Å². The molecule has 2 N–H and O–H groups in total. The number of nitrogens with zero attached hydrogens (tertiary/aromatic N) is 2. The summed E-state index contributed by atoms with van der Waals surface area (Å²) >= 11 is 0. The van der Waals surface area contributed by atoms with Gasteiger partial charge in [-0.05, 0) is 18.2 Å². The van der Waals surface area contributed by atoms with E-state index in [0.29, 0.717) is 0 Å². The van der Waals surface area contributed by atoms with Crippen LogP contribution >= 0.6 is 0 Å². The molecule has 3 saturated heterocycles. The second-order valence-electron chi connectivity index (χ2n) is 4.87. The van der Waals surface area contributed by atoms with Crippen LogP contribution in [-0.4, -0.2) is 71.2 Å². The van der Waals surface area contributed by atoms with Crippen molar-refractivity contribution in [3.05, 3.63) is 35.4 Å². The van der Waals surface area contributed by atoms with Gasteiger partial charge in [0.05, 0.1) is 11.1 Å². The van der Waals surface area contributed by atoms with E-state index in [2.05, 4.69) is 9.80 Å². The van der Waals surface area contributed by atoms with Gasteiger partial charge in [0.15, 0.2) is 0 Å². The zero-order valence-corrected chi connectivity index (χ0v) is 11.2. The lowest BCUT2D eigenvalue weighted by Crippen LogP contribution is -2.55. The maximum atomic E-state index is 10.4. The summed E-state index contributed by atoms with van der Waals surface area (Å²) in [6.45, 7) is 7.92. The fourth-order valence-electron chi connectivity index (χ4n) is 2.30. The van der Waals surface area contributed by atoms with Gasteiger partial charge < -0.3 is 10.2 Å². The Morgan fingerprint density at radius 1 is 0.800 bits per heavy atom. The third-order valence-electron chi connectivity index (χ3n) is 3.55. The largest absolute Gasteiger partial charge is 0.478 e. The first-order valence-electron chi connectivity index (χ1n) is 6.57. The van der Waals surface area contributed by atoms with E-state index in [1.54, 1.807) is 0 Å². The summed E-state index contributed by atoms with van der Waals surface area (Å²) in [5, 5.41) is 17.0. The van der Waals surface area contributed by atoms with Crippen LogP contribution in [-0.2, 0) is 0 Å². The summed E-state index contributed by atoms with van der Waals surface area (Å²) in [6, 6.07) is 5.20. The smallest absolute Gasteiger partial charge is 0.335 e. The van der Waals surface area contributed by atoms with Gasteiger partial charge >= 0.3 is 11.9 Å². The molecule has 2 bridgehead atoms. The summed E-state index contributed by atoms with van der Waals surface area (Å²) in [5.41, 5.74) is -0.0372. The molecule has 0 radical (unpaired) electrons. The van der Waals surface area contributed by atoms with E-state index in [4.69, 9.17) is 10.2 Å². The Labute approximate surface area is 117 Å². The summed E-state index contributed by atoms with van der Waals surface area (Å²) in [4.78, 5) is 25.8. The Bertz CT molecular complexity index is 443. The molecule has 6 heteroatoms. The molecule has 0 aliphatic carbocycles. The monoisotopic (exact) mass is 278 g/mol. The molecule has 0 aromatic heterocycles. The molecule has 0 atom stereocenters. The summed E-state index contributed by atoms with van der Waals surface area (Å²) in [6.07, 6.45) is 0. The number of aromatic carboxylic acids is 2. The SMILES string of the molecule is C1CN2CCN1CC2.O=C(O)c1cccc(C(=O)O)c1. The predicted octanol–water partition coefficient (Wildman–Crippen LogP) is 0.701. The third kappa shape index (κ3) is 3.79. The Kier molecular flexibility index (Phi) is 4.70. The number of carboxylic acids is 2. The van der Waals surface area contributed by atoms with Gasteiger partial charge in [0, 0.05) is 39.3 Å². The zero-order valence-electron chi connectivity index (χ0n) is 11.2. The van der Waals surface area contributed by atoms with Crippen LogP contribution in [0.25, 0.3) is 0 Å². The fourth-order valence-corrected chi connectivity index (χ4v) is 2.30. The van der Waals surface area contributed by atoms with Crippen molar-refractivity contribution in [2.45, 2.75) is 0 Å². The molecule has 3 aliphatic rings. The van der Waals surface area contributed by atoms with Crippen LogP contribution in [0, 0.1) is 0 Å². The van der Waals surface area contributed by atoms with Crippen molar-refractivity contribution in [2.75, 3.05) is 39.3 Å². The van der Waals surface area contributed by atoms with Crippen molar-refractivity contribution < 1.29 is 19.8 Å². The number of fused-ring (bicyclic) bond motifs is 3. The van der Waals surface area contributed by atoms with Crippen LogP contribution in [0.1, 0.15) is 20.7 Å². The molecule has 0 unspecified atom stereocenters. The van der Waals surface area contributed by atoms with Gasteiger partial charge in [0.25, 0.3) is 0 Å². The average Bonchev–Trinajstić information content (AvgIpc) is 2.50. The molecule has 3 heterocycles. The van der Waals surface area contributed by atoms with Gasteiger partial charge in [-0.15, -0.1) is 0 Å². The van der Waals surface area contributed by atoms with Crippen LogP contribution in [0.4, 0.5) is 0 Å². The van der Waals surface area contributed by atoms with Crippen molar-refractivity contribution >= 4 is 11.9 Å². The number of carboxylic acid groups (broad SMARTS) is 2. The van der Waals surface area contributed by atoms with E-state index < -0.39 is 11.9 Å². The third-order valence-corrected chi connectivity index (χ3v) is 3.55. The summed E-state index contributed by atoms with van der Waals surface area (Å²) in [5.74, 6) is -2.25. The highest BCUT2D eigenvalue weighted by Crippen LogP contribution is 2.07. The molecule has 0 spiro atoms. The van der Waals surface area contributed by atoms with Gasteiger partial charge in [0.1, 0.15) is 0 Å². The number of carbonyl (C=O) groups is 2. The zero-order chi connectivity index (χ0) is 14.5. The topological polar surface area (TPSA) is 81.1 Å². The van der Waals surface area contributed by atoms with Crippen LogP contribution in [0.15, 0.2) is 24.3 Å². The van der Waals surface area contributed by atoms with E-state index in [1.807, 2.05) is 0 Å². The molecule has 0 amide bonds. The Morgan fingerprint density at radius 3 is 1.40 bits per heavy atom. The first kappa shape index (κ1) is 14.5. The maximum absolute atomic E-state index is 10.4. The van der Waals surface area contributed by atoms with E-state index in [0.717, 1.165) is 6.07 Å². The summed E-state index contributed by atoms with van der Waals surface area (Å²) in [7, 11) is 0. The molecule has 0 saturated carbocycles. The minimum absolute atomic E-state index is 0.0186. The van der Waals surface area contributed by atoms with Crippen molar-refractivity contribution in [2.24, 2.45) is 0 Å². The summed E-state index contributed by atoms with van der Waals surface area (Å²) < 4.78 is 0. The van der Waals surface area contributed by atoms with E-state index in [1.165, 1.54) is 57.5 Å². The van der Waals surface area contributed by atoms with E-state index in [9.17, 15) is 9.59 Å². The molecule has 4 rings (SSSR count). The van der Waals surface area contributed by atoms with Crippen molar-refractivity contribution in [1.29, 1.82) is 0 Å². The van der Waals surface area contributed by atoms with Gasteiger partial charge in [-0.3, -0.25) is 9.80 Å². The van der Waals surface area contributed by atoms with Gasteiger partial charge in [-0.1, -0.05) is 6.07 Å². The van der Waals surface area contributed by atoms with Gasteiger partial charge in [0.2, 0.25) is 0 Å². The molecular formula is C14H18N2O4. The molecular weight excluding hydrogens is 260 g/mol. The molecule has 6 nitrogen and oxygen atoms in total. The van der Waals surface area contributed by atoms with Crippen LogP contribution in [0.5, 0.6) is 0 Å². The number of hydrogen-bond donors (Lipinski definition) is 2. The molecule has 1 aromatic carbocycles. The van der Waals surface area contributed by atoms with E-state index >= 15 is 0 Å². The Balaban J connectivity index is 0.000000157. The number of piperazine rings is 3. The minimum atomic E-state index is -1.13. The lowest BCUT2D eigenvalue weighted by Gasteiger charge is -2.41. The highest BCUT2D eigenvalue weighted by atomic mass is 16.4. The standard InChI is InChI=1S/C8H6O4.C6H12N2/c9-7(10)5-2-1-3-6(4-5)8(11)12;1-2-8-5-3-7(1)4-6-8/h1-4H,(H,9,10)(H,11,12);1-6H2. The van der Waals surface area contributed by atoms with Crippen molar-refractivity contribution in [1.82, 2.24) is 9.80 Å². The maximum Gasteiger partial charge on any atom is 0.335 e. The highest BCUT2D eigenvalue weighted by Gasteiger charge is 2.21. The van der Waals surface area contributed by atoms with E-state index in [-0.39, 0.29) is 11.1 Å². The predicted molar refractivity (Wildman–Crippen MR) is 73.2 cm³/mol. The second kappa shape index (κ2) is 6.49. The Morgan fingerprint density at radius 2 is 1.15 bits per heavy atom. The number of benzene rings is 1. The van der Waals surface area contributed by atoms with Crippen LogP contribution < -0.4 is 0 Å². The lowest BCUT2D eigenvalue weighted by molar-refractivity contribution is 0.0647. The molecule has 1 aromatic rings.